The molecule has 0 unspecified atom stereocenters. The van der Waals surface area contributed by atoms with Crippen molar-refractivity contribution >= 4 is 17.0 Å². The number of aromatic nitrogens is 6. The number of fused-ring (bicyclic) bond motifs is 1. The Bertz CT molecular complexity index is 1090. The van der Waals surface area contributed by atoms with Crippen molar-refractivity contribution in [3.05, 3.63) is 54.9 Å². The average Bonchev–Trinajstić information content (AvgIpc) is 3.46. The van der Waals surface area contributed by atoms with Crippen molar-refractivity contribution in [2.45, 2.75) is 18.3 Å². The van der Waals surface area contributed by atoms with E-state index in [-0.39, 0.29) is 5.41 Å². The summed E-state index contributed by atoms with van der Waals surface area (Å²) in [5.74, 6) is 0.942. The van der Waals surface area contributed by atoms with Crippen LogP contribution in [0.25, 0.3) is 22.3 Å². The van der Waals surface area contributed by atoms with Gasteiger partial charge in [-0.15, -0.1) is 0 Å². The minimum absolute atomic E-state index is 0.0884. The minimum Gasteiger partial charge on any atom is -0.355 e. The topological polar surface area (TPSA) is 98.4 Å². The highest BCUT2D eigenvalue weighted by Gasteiger charge is 2.36. The van der Waals surface area contributed by atoms with Gasteiger partial charge in [0.1, 0.15) is 11.8 Å². The molecule has 1 fully saturated rings. The number of nitrogens with one attached hydrogen (secondary N) is 3. The van der Waals surface area contributed by atoms with Gasteiger partial charge in [0.15, 0.2) is 11.5 Å². The van der Waals surface area contributed by atoms with Crippen molar-refractivity contribution in [1.29, 1.82) is 0 Å². The molecule has 4 heterocycles. The van der Waals surface area contributed by atoms with Gasteiger partial charge in [0.25, 0.3) is 0 Å². The highest BCUT2D eigenvalue weighted by atomic mass is 15.2. The van der Waals surface area contributed by atoms with E-state index in [1.54, 1.807) is 12.7 Å². The summed E-state index contributed by atoms with van der Waals surface area (Å²) in [6.45, 7) is 2.81. The fourth-order valence-electron chi connectivity index (χ4n) is 4.48. The van der Waals surface area contributed by atoms with Gasteiger partial charge in [-0.1, -0.05) is 24.3 Å². The normalized spacial score (nSPS) is 16.4. The van der Waals surface area contributed by atoms with E-state index in [2.05, 4.69) is 64.6 Å². The molecule has 0 atom stereocenters. The molecule has 1 aliphatic heterocycles. The second-order valence-corrected chi connectivity index (χ2v) is 7.66. The summed E-state index contributed by atoms with van der Waals surface area (Å²) in [4.78, 5) is 18.6. The Hall–Kier alpha value is -3.26. The van der Waals surface area contributed by atoms with E-state index in [0.29, 0.717) is 0 Å². The van der Waals surface area contributed by atoms with Crippen LogP contribution < -0.4 is 10.2 Å². The molecular weight excluding hydrogens is 364 g/mol. The number of hydrogen-bond donors (Lipinski definition) is 3. The third kappa shape index (κ3) is 3.15. The van der Waals surface area contributed by atoms with E-state index in [1.165, 1.54) is 11.1 Å². The summed E-state index contributed by atoms with van der Waals surface area (Å²) < 4.78 is 0. The zero-order valence-electron chi connectivity index (χ0n) is 16.4. The van der Waals surface area contributed by atoms with Gasteiger partial charge in [0.05, 0.1) is 12.5 Å². The molecule has 29 heavy (non-hydrogen) atoms. The van der Waals surface area contributed by atoms with Crippen LogP contribution in [-0.2, 0) is 5.41 Å². The summed E-state index contributed by atoms with van der Waals surface area (Å²) in [6, 6.07) is 8.87. The molecule has 3 N–H and O–H groups in total. The Morgan fingerprint density at radius 3 is 2.83 bits per heavy atom. The van der Waals surface area contributed by atoms with Crippen molar-refractivity contribution in [2.24, 2.45) is 0 Å². The van der Waals surface area contributed by atoms with Crippen molar-refractivity contribution < 1.29 is 0 Å². The quantitative estimate of drug-likeness (QED) is 0.486. The van der Waals surface area contributed by atoms with Crippen LogP contribution in [-0.4, -0.2) is 56.8 Å². The number of nitrogens with zero attached hydrogens (tertiary/aromatic N) is 5. The molecule has 0 amide bonds. The number of H-pyrrole nitrogens is 2. The number of piperidine rings is 1. The second-order valence-electron chi connectivity index (χ2n) is 7.66. The molecule has 8 nitrogen and oxygen atoms in total. The fourth-order valence-corrected chi connectivity index (χ4v) is 4.48. The van der Waals surface area contributed by atoms with E-state index in [4.69, 9.17) is 0 Å². The molecule has 148 valence electrons. The smallest absolute Gasteiger partial charge is 0.182 e. The molecular formula is C21H24N8. The Balaban J connectivity index is 1.43. The maximum atomic E-state index is 4.53. The first kappa shape index (κ1) is 17.8. The number of imidazole rings is 1. The van der Waals surface area contributed by atoms with Crippen LogP contribution >= 0.6 is 0 Å². The lowest BCUT2D eigenvalue weighted by Crippen LogP contribution is -2.47. The molecule has 0 aliphatic carbocycles. The first-order chi connectivity index (χ1) is 14.3. The van der Waals surface area contributed by atoms with Gasteiger partial charge in [-0.25, -0.2) is 15.0 Å². The Labute approximate surface area is 168 Å². The lowest BCUT2D eigenvalue weighted by molar-refractivity contribution is 0.321. The van der Waals surface area contributed by atoms with Gasteiger partial charge < -0.3 is 15.2 Å². The zero-order chi connectivity index (χ0) is 19.7. The lowest BCUT2D eigenvalue weighted by Gasteiger charge is -2.43. The summed E-state index contributed by atoms with van der Waals surface area (Å²) in [6.07, 6.45) is 9.18. The number of hydrogen-bond acceptors (Lipinski definition) is 6. The molecule has 0 bridgehead atoms. The van der Waals surface area contributed by atoms with Gasteiger partial charge in [-0.05, 0) is 31.0 Å². The monoisotopic (exact) mass is 388 g/mol. The molecule has 0 spiro atoms. The van der Waals surface area contributed by atoms with E-state index < -0.39 is 0 Å². The lowest BCUT2D eigenvalue weighted by atomic mass is 9.72. The van der Waals surface area contributed by atoms with Crippen LogP contribution in [0.4, 0.5) is 5.82 Å². The Kier molecular flexibility index (Phi) is 4.48. The first-order valence-electron chi connectivity index (χ1n) is 9.92. The van der Waals surface area contributed by atoms with Crippen molar-refractivity contribution in [1.82, 2.24) is 35.5 Å². The molecule has 0 radical (unpaired) electrons. The summed E-state index contributed by atoms with van der Waals surface area (Å²) in [7, 11) is 2.03. The molecule has 4 aromatic rings. The fraction of sp³-hybridized carbons (Fsp3) is 0.333. The summed E-state index contributed by atoms with van der Waals surface area (Å²) >= 11 is 0. The molecule has 5 rings (SSSR count). The van der Waals surface area contributed by atoms with Gasteiger partial charge in [0.2, 0.25) is 0 Å². The number of likely N-dealkylation sites (N-methyl/N-ethyl adjacent to an activating group) is 1. The highest BCUT2D eigenvalue weighted by Crippen LogP contribution is 2.38. The van der Waals surface area contributed by atoms with Crippen molar-refractivity contribution in [3.63, 3.8) is 0 Å². The van der Waals surface area contributed by atoms with Gasteiger partial charge >= 0.3 is 0 Å². The second kappa shape index (κ2) is 7.29. The van der Waals surface area contributed by atoms with Crippen LogP contribution in [0, 0.1) is 0 Å². The number of anilines is 1. The molecule has 1 aliphatic rings. The van der Waals surface area contributed by atoms with Crippen LogP contribution in [0.15, 0.2) is 49.3 Å². The number of benzene rings is 1. The first-order valence-corrected chi connectivity index (χ1v) is 9.92. The predicted molar refractivity (Wildman–Crippen MR) is 113 cm³/mol. The zero-order valence-corrected chi connectivity index (χ0v) is 16.4. The molecule has 1 saturated heterocycles. The predicted octanol–water partition coefficient (Wildman–Crippen LogP) is 2.50. The standard InChI is InChI=1S/C21H24N8/c1-22-12-21(17-4-2-3-15(9-17)16-10-27-28-11-16)5-7-29(8-6-21)20-18-19(24-13-23-18)25-14-26-20/h2-4,9-11,13-14,22H,5-8,12H2,1H3,(H,27,28)(H,23,24,25,26). The van der Waals surface area contributed by atoms with Crippen LogP contribution in [0.1, 0.15) is 18.4 Å². The average molecular weight is 388 g/mol. The SMILES string of the molecule is CNCC1(c2cccc(-c3cn[nH]c3)c2)CCN(c2ncnc3nc[nH]c23)CC1. The Morgan fingerprint density at radius 2 is 2.03 bits per heavy atom. The summed E-state index contributed by atoms with van der Waals surface area (Å²) in [5.41, 5.74) is 5.41. The third-order valence-electron chi connectivity index (χ3n) is 6.04. The van der Waals surface area contributed by atoms with Crippen LogP contribution in [0.2, 0.25) is 0 Å². The van der Waals surface area contributed by atoms with Gasteiger partial charge in [0, 0.05) is 36.8 Å². The van der Waals surface area contributed by atoms with Crippen molar-refractivity contribution in [3.8, 4) is 11.1 Å². The van der Waals surface area contributed by atoms with Gasteiger partial charge in [-0.3, -0.25) is 5.10 Å². The van der Waals surface area contributed by atoms with E-state index in [1.807, 2.05) is 19.4 Å². The van der Waals surface area contributed by atoms with E-state index in [9.17, 15) is 0 Å². The number of aromatic amines is 2. The number of rotatable bonds is 5. The maximum Gasteiger partial charge on any atom is 0.182 e. The van der Waals surface area contributed by atoms with E-state index >= 15 is 0 Å². The maximum absolute atomic E-state index is 4.53. The summed E-state index contributed by atoms with van der Waals surface area (Å²) in [5, 5.41) is 10.4. The molecule has 8 heteroatoms. The Morgan fingerprint density at radius 1 is 1.14 bits per heavy atom. The third-order valence-corrected chi connectivity index (χ3v) is 6.04. The van der Waals surface area contributed by atoms with E-state index in [0.717, 1.165) is 55.0 Å². The molecule has 0 saturated carbocycles. The molecule has 1 aromatic carbocycles. The van der Waals surface area contributed by atoms with Crippen molar-refractivity contribution in [2.75, 3.05) is 31.6 Å². The largest absolute Gasteiger partial charge is 0.355 e. The highest BCUT2D eigenvalue weighted by molar-refractivity contribution is 5.82. The van der Waals surface area contributed by atoms with Crippen LogP contribution in [0.3, 0.4) is 0 Å². The molecule has 3 aromatic heterocycles. The minimum atomic E-state index is 0.0884. The van der Waals surface area contributed by atoms with Crippen LogP contribution in [0.5, 0.6) is 0 Å². The van der Waals surface area contributed by atoms with Gasteiger partial charge in [-0.2, -0.15) is 5.10 Å².